The number of hydrogen-bond acceptors (Lipinski definition) is 3. The maximum Gasteiger partial charge on any atom is 0.253 e. The highest BCUT2D eigenvalue weighted by atomic mass is 35.5. The number of rotatable bonds is 6. The molecule has 100 valence electrons. The SMILES string of the molecule is CNc1ccc(Cl)cc1C(=O)NCC(C)CSC. The van der Waals surface area contributed by atoms with Gasteiger partial charge in [-0.15, -0.1) is 0 Å². The first kappa shape index (κ1) is 15.2. The van der Waals surface area contributed by atoms with E-state index in [1.54, 1.807) is 30.9 Å². The van der Waals surface area contributed by atoms with Crippen molar-refractivity contribution in [2.24, 2.45) is 5.92 Å². The number of hydrogen-bond donors (Lipinski definition) is 2. The highest BCUT2D eigenvalue weighted by molar-refractivity contribution is 7.98. The van der Waals surface area contributed by atoms with Gasteiger partial charge < -0.3 is 10.6 Å². The van der Waals surface area contributed by atoms with Gasteiger partial charge in [0.05, 0.1) is 5.56 Å². The van der Waals surface area contributed by atoms with Gasteiger partial charge in [0.15, 0.2) is 0 Å². The molecule has 2 N–H and O–H groups in total. The second-order valence-electron chi connectivity index (χ2n) is 4.21. The molecule has 1 atom stereocenters. The van der Waals surface area contributed by atoms with E-state index in [0.717, 1.165) is 11.4 Å². The van der Waals surface area contributed by atoms with Crippen LogP contribution in [0.4, 0.5) is 5.69 Å². The molecule has 0 aliphatic heterocycles. The fourth-order valence-electron chi connectivity index (χ4n) is 1.63. The second kappa shape index (κ2) is 7.54. The third kappa shape index (κ3) is 4.42. The highest BCUT2D eigenvalue weighted by Gasteiger charge is 2.12. The van der Waals surface area contributed by atoms with E-state index in [1.807, 2.05) is 6.07 Å². The van der Waals surface area contributed by atoms with Crippen molar-refractivity contribution in [3.63, 3.8) is 0 Å². The van der Waals surface area contributed by atoms with Crippen molar-refractivity contribution in [2.75, 3.05) is 30.9 Å². The van der Waals surface area contributed by atoms with Gasteiger partial charge in [-0.1, -0.05) is 18.5 Å². The maximum absolute atomic E-state index is 12.1. The summed E-state index contributed by atoms with van der Waals surface area (Å²) in [6.07, 6.45) is 2.06. The number of amides is 1. The number of benzene rings is 1. The zero-order valence-electron chi connectivity index (χ0n) is 10.9. The number of carbonyl (C=O) groups excluding carboxylic acids is 1. The summed E-state index contributed by atoms with van der Waals surface area (Å²) in [5, 5.41) is 6.49. The van der Waals surface area contributed by atoms with Crippen molar-refractivity contribution >= 4 is 35.0 Å². The van der Waals surface area contributed by atoms with Crippen molar-refractivity contribution in [3.8, 4) is 0 Å². The molecule has 1 amide bonds. The molecule has 0 aliphatic rings. The summed E-state index contributed by atoms with van der Waals surface area (Å²) in [4.78, 5) is 12.1. The minimum atomic E-state index is -0.0881. The fraction of sp³-hybridized carbons (Fsp3) is 0.462. The Hall–Kier alpha value is -0.870. The van der Waals surface area contributed by atoms with Gasteiger partial charge in [-0.3, -0.25) is 4.79 Å². The molecule has 1 aromatic rings. The molecule has 3 nitrogen and oxygen atoms in total. The van der Waals surface area contributed by atoms with Gasteiger partial charge in [-0.05, 0) is 36.1 Å². The third-order valence-electron chi connectivity index (χ3n) is 2.56. The van der Waals surface area contributed by atoms with Crippen LogP contribution in [0.2, 0.25) is 5.02 Å². The molecule has 0 aromatic heterocycles. The molecule has 5 heteroatoms. The molecule has 0 fully saturated rings. The monoisotopic (exact) mass is 286 g/mol. The first-order valence-electron chi connectivity index (χ1n) is 5.83. The van der Waals surface area contributed by atoms with E-state index in [9.17, 15) is 4.79 Å². The zero-order chi connectivity index (χ0) is 13.5. The summed E-state index contributed by atoms with van der Waals surface area (Å²) in [5.74, 6) is 1.41. The number of carbonyl (C=O) groups is 1. The quantitative estimate of drug-likeness (QED) is 0.844. The van der Waals surface area contributed by atoms with Crippen LogP contribution in [0.25, 0.3) is 0 Å². The molecule has 0 bridgehead atoms. The Morgan fingerprint density at radius 3 is 2.83 bits per heavy atom. The van der Waals surface area contributed by atoms with Crippen molar-refractivity contribution in [1.82, 2.24) is 5.32 Å². The van der Waals surface area contributed by atoms with Gasteiger partial charge >= 0.3 is 0 Å². The van der Waals surface area contributed by atoms with Gasteiger partial charge in [-0.2, -0.15) is 11.8 Å². The maximum atomic E-state index is 12.1. The van der Waals surface area contributed by atoms with E-state index in [0.29, 0.717) is 23.0 Å². The molecule has 0 spiro atoms. The Morgan fingerprint density at radius 1 is 1.50 bits per heavy atom. The lowest BCUT2D eigenvalue weighted by Gasteiger charge is -2.13. The fourth-order valence-corrected chi connectivity index (χ4v) is 2.49. The molecule has 0 radical (unpaired) electrons. The average molecular weight is 287 g/mol. The summed E-state index contributed by atoms with van der Waals surface area (Å²) >= 11 is 7.70. The van der Waals surface area contributed by atoms with Crippen LogP contribution in [0.15, 0.2) is 18.2 Å². The highest BCUT2D eigenvalue weighted by Crippen LogP contribution is 2.20. The predicted octanol–water partition coefficient (Wildman–Crippen LogP) is 3.11. The van der Waals surface area contributed by atoms with Crippen molar-refractivity contribution in [2.45, 2.75) is 6.92 Å². The summed E-state index contributed by atoms with van der Waals surface area (Å²) in [6.45, 7) is 2.79. The Morgan fingerprint density at radius 2 is 2.22 bits per heavy atom. The zero-order valence-corrected chi connectivity index (χ0v) is 12.5. The van der Waals surface area contributed by atoms with Crippen LogP contribution in [0.1, 0.15) is 17.3 Å². The molecular weight excluding hydrogens is 268 g/mol. The van der Waals surface area contributed by atoms with E-state index in [1.165, 1.54) is 0 Å². The molecule has 0 saturated carbocycles. The smallest absolute Gasteiger partial charge is 0.253 e. The summed E-state index contributed by atoms with van der Waals surface area (Å²) in [6, 6.07) is 5.26. The molecule has 1 rings (SSSR count). The Kier molecular flexibility index (Phi) is 6.36. The molecule has 0 aliphatic carbocycles. The van der Waals surface area contributed by atoms with Crippen LogP contribution < -0.4 is 10.6 Å². The van der Waals surface area contributed by atoms with E-state index < -0.39 is 0 Å². The third-order valence-corrected chi connectivity index (χ3v) is 3.70. The summed E-state index contributed by atoms with van der Waals surface area (Å²) < 4.78 is 0. The van der Waals surface area contributed by atoms with E-state index >= 15 is 0 Å². The number of nitrogens with one attached hydrogen (secondary N) is 2. The van der Waals surface area contributed by atoms with Crippen molar-refractivity contribution in [1.29, 1.82) is 0 Å². The lowest BCUT2D eigenvalue weighted by molar-refractivity contribution is 0.0950. The van der Waals surface area contributed by atoms with Crippen molar-refractivity contribution < 1.29 is 4.79 Å². The van der Waals surface area contributed by atoms with Crippen LogP contribution >= 0.6 is 23.4 Å². The van der Waals surface area contributed by atoms with Crippen LogP contribution in [0.5, 0.6) is 0 Å². The van der Waals surface area contributed by atoms with Gasteiger partial charge in [0.2, 0.25) is 0 Å². The van der Waals surface area contributed by atoms with Crippen molar-refractivity contribution in [3.05, 3.63) is 28.8 Å². The topological polar surface area (TPSA) is 41.1 Å². The minimum absolute atomic E-state index is 0.0881. The van der Waals surface area contributed by atoms with Gasteiger partial charge in [0.25, 0.3) is 5.91 Å². The lowest BCUT2D eigenvalue weighted by Crippen LogP contribution is -2.29. The Balaban J connectivity index is 2.68. The van der Waals surface area contributed by atoms with Crippen LogP contribution in [-0.2, 0) is 0 Å². The van der Waals surface area contributed by atoms with E-state index in [-0.39, 0.29) is 5.91 Å². The Labute approximate surface area is 118 Å². The first-order valence-corrected chi connectivity index (χ1v) is 7.60. The van der Waals surface area contributed by atoms with Gasteiger partial charge in [0, 0.05) is 24.3 Å². The largest absolute Gasteiger partial charge is 0.387 e. The minimum Gasteiger partial charge on any atom is -0.387 e. The summed E-state index contributed by atoms with van der Waals surface area (Å²) in [5.41, 5.74) is 1.37. The molecule has 0 saturated heterocycles. The average Bonchev–Trinajstić information content (AvgIpc) is 2.36. The van der Waals surface area contributed by atoms with E-state index in [2.05, 4.69) is 23.8 Å². The van der Waals surface area contributed by atoms with Gasteiger partial charge in [-0.25, -0.2) is 0 Å². The van der Waals surface area contributed by atoms with E-state index in [4.69, 9.17) is 11.6 Å². The number of thioether (sulfide) groups is 1. The number of halogens is 1. The van der Waals surface area contributed by atoms with Crippen LogP contribution in [-0.4, -0.2) is 31.5 Å². The van der Waals surface area contributed by atoms with Crippen LogP contribution in [0.3, 0.4) is 0 Å². The second-order valence-corrected chi connectivity index (χ2v) is 5.56. The Bertz CT molecular complexity index is 412. The molecule has 1 aromatic carbocycles. The van der Waals surface area contributed by atoms with Gasteiger partial charge in [0.1, 0.15) is 0 Å². The lowest BCUT2D eigenvalue weighted by atomic mass is 10.1. The first-order chi connectivity index (χ1) is 8.58. The molecule has 1 unspecified atom stereocenters. The number of anilines is 1. The predicted molar refractivity (Wildman–Crippen MR) is 80.9 cm³/mol. The molecule has 0 heterocycles. The molecular formula is C13H19ClN2OS. The normalized spacial score (nSPS) is 12.0. The van der Waals surface area contributed by atoms with Crippen LogP contribution in [0, 0.1) is 5.92 Å². The standard InChI is InChI=1S/C13H19ClN2OS/c1-9(8-18-3)7-16-13(17)11-6-10(14)4-5-12(11)15-2/h4-6,9,15H,7-8H2,1-3H3,(H,16,17). The molecule has 18 heavy (non-hydrogen) atoms. The summed E-state index contributed by atoms with van der Waals surface area (Å²) in [7, 11) is 1.79.